The van der Waals surface area contributed by atoms with E-state index in [-0.39, 0.29) is 29.8 Å². The summed E-state index contributed by atoms with van der Waals surface area (Å²) in [6.07, 6.45) is 0.817. The Morgan fingerprint density at radius 1 is 1.15 bits per heavy atom. The van der Waals surface area contributed by atoms with E-state index in [0.717, 1.165) is 13.0 Å². The van der Waals surface area contributed by atoms with Crippen molar-refractivity contribution in [2.45, 2.75) is 18.2 Å². The number of hydrogen-bond donors (Lipinski definition) is 1. The highest BCUT2D eigenvalue weighted by atomic mass is 32.2. The first-order chi connectivity index (χ1) is 12.7. The normalized spacial score (nSPS) is 15.8. The molecule has 1 saturated heterocycles. The number of carbonyl (C=O) groups excluding carboxylic acids is 2. The minimum absolute atomic E-state index is 0.0556. The molecule has 0 atom stereocenters. The number of piperazine rings is 1. The van der Waals surface area contributed by atoms with Crippen LogP contribution in [0.1, 0.15) is 23.7 Å². The van der Waals surface area contributed by atoms with Crippen molar-refractivity contribution in [1.82, 2.24) is 19.4 Å². The highest BCUT2D eigenvalue weighted by molar-refractivity contribution is 7.89. The van der Waals surface area contributed by atoms with Crippen molar-refractivity contribution in [3.63, 3.8) is 0 Å². The van der Waals surface area contributed by atoms with Crippen LogP contribution >= 0.6 is 0 Å². The second-order valence-corrected chi connectivity index (χ2v) is 8.79. The van der Waals surface area contributed by atoms with Gasteiger partial charge in [-0.1, -0.05) is 6.07 Å². The van der Waals surface area contributed by atoms with Crippen molar-refractivity contribution < 1.29 is 18.0 Å². The van der Waals surface area contributed by atoms with Gasteiger partial charge in [0.2, 0.25) is 15.9 Å². The minimum Gasteiger partial charge on any atom is -0.352 e. The summed E-state index contributed by atoms with van der Waals surface area (Å²) in [7, 11) is 0.234. The predicted molar refractivity (Wildman–Crippen MR) is 103 cm³/mol. The van der Waals surface area contributed by atoms with Crippen LogP contribution in [-0.4, -0.2) is 87.7 Å². The van der Waals surface area contributed by atoms with Gasteiger partial charge in [-0.25, -0.2) is 8.42 Å². The molecule has 1 heterocycles. The number of hydrogen-bond acceptors (Lipinski definition) is 5. The average Bonchev–Trinajstić information content (AvgIpc) is 2.65. The maximum Gasteiger partial charge on any atom is 0.251 e. The van der Waals surface area contributed by atoms with Crippen LogP contribution in [0.25, 0.3) is 0 Å². The molecule has 1 fully saturated rings. The highest BCUT2D eigenvalue weighted by Gasteiger charge is 2.29. The van der Waals surface area contributed by atoms with Crippen molar-refractivity contribution in [1.29, 1.82) is 0 Å². The van der Waals surface area contributed by atoms with Crippen LogP contribution in [0, 0.1) is 0 Å². The molecule has 0 spiro atoms. The largest absolute Gasteiger partial charge is 0.352 e. The summed E-state index contributed by atoms with van der Waals surface area (Å²) in [5, 5.41) is 2.81. The topological polar surface area (TPSA) is 90.0 Å². The number of amides is 2. The molecule has 1 aromatic rings. The molecule has 27 heavy (non-hydrogen) atoms. The number of nitrogens with one attached hydrogen (secondary N) is 1. The smallest absolute Gasteiger partial charge is 0.251 e. The fraction of sp³-hybridized carbons (Fsp3) is 0.556. The zero-order valence-electron chi connectivity index (χ0n) is 16.1. The van der Waals surface area contributed by atoms with E-state index in [1.165, 1.54) is 23.4 Å². The van der Waals surface area contributed by atoms with E-state index < -0.39 is 10.0 Å². The summed E-state index contributed by atoms with van der Waals surface area (Å²) in [6.45, 7) is 4.12. The number of benzene rings is 1. The number of rotatable bonds is 7. The first kappa shape index (κ1) is 21.3. The monoisotopic (exact) mass is 396 g/mol. The first-order valence-electron chi connectivity index (χ1n) is 9.00. The van der Waals surface area contributed by atoms with Gasteiger partial charge in [0.05, 0.1) is 4.90 Å². The molecule has 0 bridgehead atoms. The van der Waals surface area contributed by atoms with Crippen LogP contribution < -0.4 is 5.32 Å². The fourth-order valence-corrected chi connectivity index (χ4v) is 4.36. The molecule has 0 unspecified atom stereocenters. The lowest BCUT2D eigenvalue weighted by Gasteiger charge is -2.33. The Hall–Kier alpha value is -1.97. The van der Waals surface area contributed by atoms with Gasteiger partial charge in [-0.3, -0.25) is 9.59 Å². The van der Waals surface area contributed by atoms with Crippen molar-refractivity contribution in [2.24, 2.45) is 0 Å². The molecule has 8 nitrogen and oxygen atoms in total. The summed E-state index contributed by atoms with van der Waals surface area (Å²) < 4.78 is 27.1. The minimum atomic E-state index is -3.69. The summed E-state index contributed by atoms with van der Waals surface area (Å²) in [4.78, 5) is 27.4. The summed E-state index contributed by atoms with van der Waals surface area (Å²) in [6, 6.07) is 6.09. The van der Waals surface area contributed by atoms with E-state index in [9.17, 15) is 18.0 Å². The van der Waals surface area contributed by atoms with E-state index in [0.29, 0.717) is 25.2 Å². The Kier molecular flexibility index (Phi) is 7.34. The molecule has 9 heteroatoms. The molecule has 2 amide bonds. The van der Waals surface area contributed by atoms with Gasteiger partial charge >= 0.3 is 0 Å². The maximum atomic E-state index is 12.9. The molecule has 2 rings (SSSR count). The molecule has 0 aromatic heterocycles. The van der Waals surface area contributed by atoms with Gasteiger partial charge in [0, 0.05) is 45.2 Å². The van der Waals surface area contributed by atoms with Crippen molar-refractivity contribution in [2.75, 3.05) is 53.4 Å². The van der Waals surface area contributed by atoms with E-state index in [2.05, 4.69) is 5.32 Å². The SMILES string of the molecule is CC(=O)N1CCN(S(=O)(=O)c2cccc(C(=O)NCCCN(C)C)c2)CC1. The average molecular weight is 397 g/mol. The lowest BCUT2D eigenvalue weighted by molar-refractivity contribution is -0.129. The number of sulfonamides is 1. The van der Waals surface area contributed by atoms with E-state index in [1.807, 2.05) is 19.0 Å². The summed E-state index contributed by atoms with van der Waals surface area (Å²) >= 11 is 0. The van der Waals surface area contributed by atoms with Gasteiger partial charge in [0.15, 0.2) is 0 Å². The zero-order valence-corrected chi connectivity index (χ0v) is 17.0. The maximum absolute atomic E-state index is 12.9. The molecule has 0 radical (unpaired) electrons. The summed E-state index contributed by atoms with van der Waals surface area (Å²) in [5.41, 5.74) is 0.323. The van der Waals surface area contributed by atoms with Gasteiger partial charge in [0.1, 0.15) is 0 Å². The van der Waals surface area contributed by atoms with Gasteiger partial charge in [-0.05, 0) is 45.3 Å². The molecule has 1 N–H and O–H groups in total. The molecule has 1 aromatic carbocycles. The Morgan fingerprint density at radius 2 is 1.81 bits per heavy atom. The van der Waals surface area contributed by atoms with Crippen molar-refractivity contribution in [3.05, 3.63) is 29.8 Å². The molecule has 0 saturated carbocycles. The van der Waals surface area contributed by atoms with Crippen molar-refractivity contribution in [3.8, 4) is 0 Å². The molecular formula is C18H28N4O4S. The Bertz CT molecular complexity index is 771. The van der Waals surface area contributed by atoms with E-state index >= 15 is 0 Å². The summed E-state index contributed by atoms with van der Waals surface area (Å²) in [5.74, 6) is -0.341. The fourth-order valence-electron chi connectivity index (χ4n) is 2.89. The Morgan fingerprint density at radius 3 is 2.41 bits per heavy atom. The number of nitrogens with zero attached hydrogens (tertiary/aromatic N) is 3. The number of carbonyl (C=O) groups is 2. The van der Waals surface area contributed by atoms with E-state index in [4.69, 9.17) is 0 Å². The zero-order chi connectivity index (χ0) is 20.0. The lowest BCUT2D eigenvalue weighted by atomic mass is 10.2. The Balaban J connectivity index is 2.03. The highest BCUT2D eigenvalue weighted by Crippen LogP contribution is 2.19. The van der Waals surface area contributed by atoms with E-state index in [1.54, 1.807) is 17.0 Å². The van der Waals surface area contributed by atoms with Gasteiger partial charge in [0.25, 0.3) is 5.91 Å². The van der Waals surface area contributed by atoms with Gasteiger partial charge < -0.3 is 15.1 Å². The molecule has 1 aliphatic heterocycles. The second-order valence-electron chi connectivity index (χ2n) is 6.85. The third-order valence-electron chi connectivity index (χ3n) is 4.49. The van der Waals surface area contributed by atoms with Crippen LogP contribution in [0.5, 0.6) is 0 Å². The van der Waals surface area contributed by atoms with Crippen LogP contribution in [0.2, 0.25) is 0 Å². The quantitative estimate of drug-likeness (QED) is 0.666. The van der Waals surface area contributed by atoms with Gasteiger partial charge in [-0.2, -0.15) is 4.31 Å². The van der Waals surface area contributed by atoms with Crippen LogP contribution in [0.15, 0.2) is 29.2 Å². The standard InChI is InChI=1S/C18H28N4O4S/c1-15(23)21-10-12-22(13-11-21)27(25,26)17-7-4-6-16(14-17)18(24)19-8-5-9-20(2)3/h4,6-7,14H,5,8-13H2,1-3H3,(H,19,24). The van der Waals surface area contributed by atoms with Crippen molar-refractivity contribution >= 4 is 21.8 Å². The van der Waals surface area contributed by atoms with Crippen LogP contribution in [0.3, 0.4) is 0 Å². The molecular weight excluding hydrogens is 368 g/mol. The third-order valence-corrected chi connectivity index (χ3v) is 6.38. The Labute approximate surface area is 161 Å². The van der Waals surface area contributed by atoms with Gasteiger partial charge in [-0.15, -0.1) is 0 Å². The predicted octanol–water partition coefficient (Wildman–Crippen LogP) is 0.221. The molecule has 0 aliphatic carbocycles. The third kappa shape index (κ3) is 5.75. The first-order valence-corrected chi connectivity index (χ1v) is 10.4. The lowest BCUT2D eigenvalue weighted by Crippen LogP contribution is -2.49. The molecule has 1 aliphatic rings. The molecule has 150 valence electrons. The second kappa shape index (κ2) is 9.29. The van der Waals surface area contributed by atoms with Crippen LogP contribution in [0.4, 0.5) is 0 Å². The van der Waals surface area contributed by atoms with Crippen LogP contribution in [-0.2, 0) is 14.8 Å².